The zero-order valence-electron chi connectivity index (χ0n) is 17.6. The number of aliphatic imine (C=N–C) groups is 1. The zero-order valence-corrected chi connectivity index (χ0v) is 17.6. The number of anilines is 1. The van der Waals surface area contributed by atoms with E-state index in [1.165, 1.54) is 11.1 Å². The number of para-hydroxylation sites is 2. The molecule has 0 aromatic heterocycles. The quantitative estimate of drug-likeness (QED) is 0.530. The Kier molecular flexibility index (Phi) is 7.76. The molecule has 6 nitrogen and oxygen atoms in total. The monoisotopic (exact) mass is 396 g/mol. The van der Waals surface area contributed by atoms with Crippen LogP contribution in [0.1, 0.15) is 24.5 Å². The topological polar surface area (TPSA) is 58.1 Å². The summed E-state index contributed by atoms with van der Waals surface area (Å²) in [5.41, 5.74) is 3.56. The van der Waals surface area contributed by atoms with Crippen LogP contribution in [0, 0.1) is 0 Å². The molecule has 2 aromatic carbocycles. The number of nitrogens with one attached hydrogen (secondary N) is 2. The largest absolute Gasteiger partial charge is 0.495 e. The number of hydrogen-bond donors (Lipinski definition) is 2. The molecular weight excluding hydrogens is 364 g/mol. The second kappa shape index (κ2) is 10.7. The molecule has 2 aromatic rings. The van der Waals surface area contributed by atoms with Gasteiger partial charge in [0.05, 0.1) is 19.4 Å². The van der Waals surface area contributed by atoms with Gasteiger partial charge in [-0.25, -0.2) is 0 Å². The van der Waals surface area contributed by atoms with Crippen LogP contribution in [0.25, 0.3) is 0 Å². The molecule has 6 heteroatoms. The van der Waals surface area contributed by atoms with Gasteiger partial charge in [0.2, 0.25) is 0 Å². The van der Waals surface area contributed by atoms with Crippen molar-refractivity contribution in [2.45, 2.75) is 32.5 Å². The first kappa shape index (κ1) is 21.0. The first-order chi connectivity index (χ1) is 14.2. The van der Waals surface area contributed by atoms with E-state index in [1.54, 1.807) is 7.11 Å². The number of nitrogens with zero attached hydrogens (tertiary/aromatic N) is 2. The maximum absolute atomic E-state index is 5.51. The second-order valence-corrected chi connectivity index (χ2v) is 7.13. The van der Waals surface area contributed by atoms with E-state index < -0.39 is 0 Å². The predicted molar refractivity (Wildman–Crippen MR) is 119 cm³/mol. The van der Waals surface area contributed by atoms with Crippen molar-refractivity contribution >= 4 is 11.6 Å². The lowest BCUT2D eigenvalue weighted by Crippen LogP contribution is -2.44. The highest BCUT2D eigenvalue weighted by Gasteiger charge is 2.25. The third-order valence-electron chi connectivity index (χ3n) is 5.13. The fourth-order valence-corrected chi connectivity index (χ4v) is 3.53. The third-order valence-corrected chi connectivity index (χ3v) is 5.13. The molecule has 3 rings (SSSR count). The standard InChI is InChI=1S/C23H32N4O2/c1-4-29-17-19-11-9-18(10-12-19)15-25-23(24-2)26-20-13-14-27(16-20)21-7-5-6-8-22(21)28-3/h5-12,20H,4,13-17H2,1-3H3,(H2,24,25,26). The first-order valence-electron chi connectivity index (χ1n) is 10.2. The third kappa shape index (κ3) is 5.87. The van der Waals surface area contributed by atoms with Gasteiger partial charge in [-0.2, -0.15) is 0 Å². The highest BCUT2D eigenvalue weighted by molar-refractivity contribution is 5.80. The Morgan fingerprint density at radius 1 is 1.14 bits per heavy atom. The SMILES string of the molecule is CCOCc1ccc(CNC(=NC)NC2CCN(c3ccccc3OC)C2)cc1. The normalized spacial score (nSPS) is 16.7. The lowest BCUT2D eigenvalue weighted by atomic mass is 10.1. The smallest absolute Gasteiger partial charge is 0.191 e. The van der Waals surface area contributed by atoms with Crippen LogP contribution >= 0.6 is 0 Å². The molecule has 1 aliphatic rings. The fourth-order valence-electron chi connectivity index (χ4n) is 3.53. The first-order valence-corrected chi connectivity index (χ1v) is 10.2. The van der Waals surface area contributed by atoms with Crippen LogP contribution in [0.4, 0.5) is 5.69 Å². The molecule has 0 radical (unpaired) electrons. The van der Waals surface area contributed by atoms with E-state index >= 15 is 0 Å². The van der Waals surface area contributed by atoms with Crippen LogP contribution < -0.4 is 20.3 Å². The predicted octanol–water partition coefficient (Wildman–Crippen LogP) is 3.18. The Morgan fingerprint density at radius 3 is 2.62 bits per heavy atom. The summed E-state index contributed by atoms with van der Waals surface area (Å²) in [6.45, 7) is 6.07. The van der Waals surface area contributed by atoms with Crippen molar-refractivity contribution in [3.63, 3.8) is 0 Å². The molecule has 0 spiro atoms. The van der Waals surface area contributed by atoms with Gasteiger partial charge in [0.25, 0.3) is 0 Å². The molecule has 2 N–H and O–H groups in total. The summed E-state index contributed by atoms with van der Waals surface area (Å²) < 4.78 is 11.0. The van der Waals surface area contributed by atoms with Gasteiger partial charge in [-0.05, 0) is 36.6 Å². The molecule has 1 heterocycles. The summed E-state index contributed by atoms with van der Waals surface area (Å²) in [4.78, 5) is 6.75. The minimum atomic E-state index is 0.347. The van der Waals surface area contributed by atoms with Gasteiger partial charge >= 0.3 is 0 Å². The van der Waals surface area contributed by atoms with Crippen molar-refractivity contribution < 1.29 is 9.47 Å². The van der Waals surface area contributed by atoms with Crippen molar-refractivity contribution in [3.8, 4) is 5.75 Å². The average Bonchev–Trinajstić information content (AvgIpc) is 3.24. The summed E-state index contributed by atoms with van der Waals surface area (Å²) in [7, 11) is 3.53. The molecule has 1 aliphatic heterocycles. The lowest BCUT2D eigenvalue weighted by Gasteiger charge is -2.22. The lowest BCUT2D eigenvalue weighted by molar-refractivity contribution is 0.134. The summed E-state index contributed by atoms with van der Waals surface area (Å²) >= 11 is 0. The molecule has 156 valence electrons. The Labute approximate surface area is 173 Å². The van der Waals surface area contributed by atoms with Crippen molar-refractivity contribution in [1.82, 2.24) is 10.6 Å². The molecule has 1 fully saturated rings. The Hall–Kier alpha value is -2.73. The highest BCUT2D eigenvalue weighted by atomic mass is 16.5. The number of benzene rings is 2. The molecule has 0 aliphatic carbocycles. The number of methoxy groups -OCH3 is 1. The van der Waals surface area contributed by atoms with E-state index in [-0.39, 0.29) is 0 Å². The molecule has 1 saturated heterocycles. The minimum Gasteiger partial charge on any atom is -0.495 e. The van der Waals surface area contributed by atoms with Crippen LogP contribution in [-0.4, -0.2) is 45.9 Å². The molecular formula is C23H32N4O2. The molecule has 29 heavy (non-hydrogen) atoms. The minimum absolute atomic E-state index is 0.347. The van der Waals surface area contributed by atoms with Crippen LogP contribution in [-0.2, 0) is 17.9 Å². The number of hydrogen-bond acceptors (Lipinski definition) is 4. The van der Waals surface area contributed by atoms with Crippen molar-refractivity contribution in [2.24, 2.45) is 4.99 Å². The number of rotatable bonds is 8. The van der Waals surface area contributed by atoms with Crippen molar-refractivity contribution in [1.29, 1.82) is 0 Å². The Bertz CT molecular complexity index is 792. The van der Waals surface area contributed by atoms with E-state index in [4.69, 9.17) is 9.47 Å². The fraction of sp³-hybridized carbons (Fsp3) is 0.435. The summed E-state index contributed by atoms with van der Waals surface area (Å²) in [6.07, 6.45) is 1.06. The van der Waals surface area contributed by atoms with E-state index in [9.17, 15) is 0 Å². The van der Waals surface area contributed by atoms with E-state index in [0.717, 1.165) is 50.1 Å². The summed E-state index contributed by atoms with van der Waals surface area (Å²) in [6, 6.07) is 17.0. The highest BCUT2D eigenvalue weighted by Crippen LogP contribution is 2.30. The van der Waals surface area contributed by atoms with Crippen LogP contribution in [0.5, 0.6) is 5.75 Å². The summed E-state index contributed by atoms with van der Waals surface area (Å²) in [5.74, 6) is 1.75. The molecule has 0 amide bonds. The van der Waals surface area contributed by atoms with Crippen LogP contribution in [0.2, 0.25) is 0 Å². The van der Waals surface area contributed by atoms with Gasteiger partial charge in [0.15, 0.2) is 5.96 Å². The van der Waals surface area contributed by atoms with E-state index in [0.29, 0.717) is 12.6 Å². The van der Waals surface area contributed by atoms with Crippen LogP contribution in [0.15, 0.2) is 53.5 Å². The Morgan fingerprint density at radius 2 is 1.90 bits per heavy atom. The molecule has 0 bridgehead atoms. The van der Waals surface area contributed by atoms with Gasteiger partial charge in [0, 0.05) is 39.3 Å². The maximum atomic E-state index is 5.51. The van der Waals surface area contributed by atoms with Crippen LogP contribution in [0.3, 0.4) is 0 Å². The second-order valence-electron chi connectivity index (χ2n) is 7.13. The number of ether oxygens (including phenoxy) is 2. The van der Waals surface area contributed by atoms with Gasteiger partial charge < -0.3 is 25.0 Å². The number of guanidine groups is 1. The Balaban J connectivity index is 1.49. The average molecular weight is 397 g/mol. The van der Waals surface area contributed by atoms with E-state index in [1.807, 2.05) is 26.1 Å². The van der Waals surface area contributed by atoms with Gasteiger partial charge in [0.1, 0.15) is 5.75 Å². The van der Waals surface area contributed by atoms with Crippen molar-refractivity contribution in [2.75, 3.05) is 38.8 Å². The molecule has 1 atom stereocenters. The molecule has 0 saturated carbocycles. The maximum Gasteiger partial charge on any atom is 0.191 e. The molecule has 1 unspecified atom stereocenters. The van der Waals surface area contributed by atoms with Crippen molar-refractivity contribution in [3.05, 3.63) is 59.7 Å². The zero-order chi connectivity index (χ0) is 20.5. The van der Waals surface area contributed by atoms with Gasteiger partial charge in [-0.1, -0.05) is 36.4 Å². The van der Waals surface area contributed by atoms with Gasteiger partial charge in [-0.3, -0.25) is 4.99 Å². The van der Waals surface area contributed by atoms with E-state index in [2.05, 4.69) is 56.9 Å². The van der Waals surface area contributed by atoms with Gasteiger partial charge in [-0.15, -0.1) is 0 Å². The summed E-state index contributed by atoms with van der Waals surface area (Å²) in [5, 5.41) is 6.97.